The Hall–Kier alpha value is -0.860. The van der Waals surface area contributed by atoms with Gasteiger partial charge in [0, 0.05) is 0 Å². The van der Waals surface area contributed by atoms with Gasteiger partial charge < -0.3 is 10.8 Å². The largest absolute Gasteiger partial charge is 0.304 e. The highest BCUT2D eigenvalue weighted by atomic mass is 15.3. The van der Waals surface area contributed by atoms with E-state index in [1.807, 2.05) is 0 Å². The maximum absolute atomic E-state index is 7.39. The van der Waals surface area contributed by atoms with Crippen molar-refractivity contribution >= 4 is 11.4 Å². The second-order valence-corrected chi connectivity index (χ2v) is 2.48. The third-order valence-electron chi connectivity index (χ3n) is 1.59. The molecule has 10 heavy (non-hydrogen) atoms. The lowest BCUT2D eigenvalue weighted by Gasteiger charge is -1.94. The standard InChI is InChI=1S/C7H13N3/c1-2-3-4-7-6(8)5-9-10-7/h8-9H,2-5H2,1H3. The molecular formula is C7H13N3. The van der Waals surface area contributed by atoms with E-state index in [2.05, 4.69) is 17.5 Å². The van der Waals surface area contributed by atoms with Crippen LogP contribution < -0.4 is 5.43 Å². The van der Waals surface area contributed by atoms with Crippen LogP contribution in [0.5, 0.6) is 0 Å². The van der Waals surface area contributed by atoms with Crippen molar-refractivity contribution in [2.45, 2.75) is 26.2 Å². The van der Waals surface area contributed by atoms with Gasteiger partial charge in [0.25, 0.3) is 0 Å². The zero-order valence-corrected chi connectivity index (χ0v) is 6.28. The minimum Gasteiger partial charge on any atom is -0.304 e. The van der Waals surface area contributed by atoms with Crippen LogP contribution in [0.1, 0.15) is 26.2 Å². The van der Waals surface area contributed by atoms with Gasteiger partial charge in [-0.25, -0.2) is 0 Å². The lowest BCUT2D eigenvalue weighted by atomic mass is 10.1. The highest BCUT2D eigenvalue weighted by Gasteiger charge is 2.11. The average molecular weight is 139 g/mol. The predicted molar refractivity (Wildman–Crippen MR) is 42.7 cm³/mol. The second kappa shape index (κ2) is 3.34. The van der Waals surface area contributed by atoms with E-state index in [4.69, 9.17) is 5.41 Å². The molecule has 0 aliphatic carbocycles. The van der Waals surface area contributed by atoms with Crippen LogP contribution in [0, 0.1) is 5.41 Å². The van der Waals surface area contributed by atoms with Gasteiger partial charge in [0.1, 0.15) is 0 Å². The summed E-state index contributed by atoms with van der Waals surface area (Å²) in [4.78, 5) is 0. The van der Waals surface area contributed by atoms with E-state index in [-0.39, 0.29) is 0 Å². The number of nitrogens with one attached hydrogen (secondary N) is 2. The maximum Gasteiger partial charge on any atom is 0.0829 e. The lowest BCUT2D eigenvalue weighted by molar-refractivity contribution is 0.827. The number of nitrogens with zero attached hydrogens (tertiary/aromatic N) is 1. The molecule has 0 fully saturated rings. The number of hydrogen-bond acceptors (Lipinski definition) is 3. The first-order valence-electron chi connectivity index (χ1n) is 3.71. The summed E-state index contributed by atoms with van der Waals surface area (Å²) in [5.74, 6) is 0. The zero-order chi connectivity index (χ0) is 7.40. The average Bonchev–Trinajstić information content (AvgIpc) is 2.31. The molecule has 0 aromatic heterocycles. The Balaban J connectivity index is 2.33. The molecule has 1 heterocycles. The van der Waals surface area contributed by atoms with Crippen molar-refractivity contribution in [1.29, 1.82) is 5.41 Å². The van der Waals surface area contributed by atoms with Crippen molar-refractivity contribution in [3.05, 3.63) is 0 Å². The van der Waals surface area contributed by atoms with Gasteiger partial charge in [-0.3, -0.25) is 0 Å². The van der Waals surface area contributed by atoms with Crippen molar-refractivity contribution in [3.8, 4) is 0 Å². The Morgan fingerprint density at radius 3 is 3.00 bits per heavy atom. The molecule has 1 aliphatic rings. The number of unbranched alkanes of at least 4 members (excludes halogenated alkanes) is 1. The summed E-state index contributed by atoms with van der Waals surface area (Å²) in [6, 6.07) is 0. The molecular weight excluding hydrogens is 126 g/mol. The summed E-state index contributed by atoms with van der Waals surface area (Å²) in [7, 11) is 0. The molecule has 2 N–H and O–H groups in total. The summed E-state index contributed by atoms with van der Waals surface area (Å²) in [5, 5.41) is 11.4. The van der Waals surface area contributed by atoms with Crippen molar-refractivity contribution in [3.63, 3.8) is 0 Å². The molecule has 0 amide bonds. The van der Waals surface area contributed by atoms with Crippen LogP contribution in [0.4, 0.5) is 0 Å². The Kier molecular flexibility index (Phi) is 2.42. The minimum absolute atomic E-state index is 0.624. The van der Waals surface area contributed by atoms with Crippen LogP contribution >= 0.6 is 0 Å². The van der Waals surface area contributed by atoms with E-state index in [1.54, 1.807) is 0 Å². The molecule has 1 rings (SSSR count). The first-order chi connectivity index (χ1) is 4.84. The Morgan fingerprint density at radius 2 is 2.50 bits per heavy atom. The van der Waals surface area contributed by atoms with E-state index in [0.29, 0.717) is 12.3 Å². The first kappa shape index (κ1) is 7.25. The number of hydrazone groups is 1. The normalized spacial score (nSPS) is 16.9. The van der Waals surface area contributed by atoms with E-state index in [9.17, 15) is 0 Å². The molecule has 3 heteroatoms. The van der Waals surface area contributed by atoms with Crippen LogP contribution in [0.15, 0.2) is 5.10 Å². The van der Waals surface area contributed by atoms with Crippen LogP contribution in [-0.4, -0.2) is 18.0 Å². The summed E-state index contributed by atoms with van der Waals surface area (Å²) in [5.41, 5.74) is 4.40. The van der Waals surface area contributed by atoms with E-state index in [1.165, 1.54) is 6.42 Å². The SMILES string of the molecule is CCCCC1=NNCC1=N. The molecule has 3 nitrogen and oxygen atoms in total. The van der Waals surface area contributed by atoms with Gasteiger partial charge in [-0.2, -0.15) is 5.10 Å². The maximum atomic E-state index is 7.39. The molecule has 0 unspecified atom stereocenters. The van der Waals surface area contributed by atoms with E-state index in [0.717, 1.165) is 18.6 Å². The zero-order valence-electron chi connectivity index (χ0n) is 6.28. The van der Waals surface area contributed by atoms with Crippen molar-refractivity contribution < 1.29 is 0 Å². The first-order valence-corrected chi connectivity index (χ1v) is 3.71. The van der Waals surface area contributed by atoms with Crippen molar-refractivity contribution in [1.82, 2.24) is 5.43 Å². The fourth-order valence-electron chi connectivity index (χ4n) is 0.935. The number of hydrogen-bond donors (Lipinski definition) is 2. The summed E-state index contributed by atoms with van der Waals surface area (Å²) >= 11 is 0. The number of rotatable bonds is 3. The summed E-state index contributed by atoms with van der Waals surface area (Å²) in [6.45, 7) is 2.77. The fraction of sp³-hybridized carbons (Fsp3) is 0.714. The topological polar surface area (TPSA) is 48.2 Å². The molecule has 0 aromatic carbocycles. The minimum atomic E-state index is 0.624. The third kappa shape index (κ3) is 1.56. The smallest absolute Gasteiger partial charge is 0.0829 e. The van der Waals surface area contributed by atoms with Gasteiger partial charge in [-0.1, -0.05) is 13.3 Å². The second-order valence-electron chi connectivity index (χ2n) is 2.48. The monoisotopic (exact) mass is 139 g/mol. The van der Waals surface area contributed by atoms with Crippen LogP contribution in [0.2, 0.25) is 0 Å². The Labute approximate surface area is 61.0 Å². The molecule has 0 aromatic rings. The van der Waals surface area contributed by atoms with Gasteiger partial charge in [-0.05, 0) is 12.8 Å². The molecule has 0 spiro atoms. The van der Waals surface area contributed by atoms with Gasteiger partial charge in [-0.15, -0.1) is 0 Å². The van der Waals surface area contributed by atoms with Crippen molar-refractivity contribution in [2.75, 3.05) is 6.54 Å². The summed E-state index contributed by atoms with van der Waals surface area (Å²) in [6.07, 6.45) is 3.28. The highest BCUT2D eigenvalue weighted by Crippen LogP contribution is 2.00. The molecule has 0 bridgehead atoms. The Bertz CT molecular complexity index is 160. The molecule has 56 valence electrons. The van der Waals surface area contributed by atoms with Gasteiger partial charge in [0.15, 0.2) is 0 Å². The van der Waals surface area contributed by atoms with Gasteiger partial charge in [0.05, 0.1) is 18.0 Å². The van der Waals surface area contributed by atoms with E-state index >= 15 is 0 Å². The van der Waals surface area contributed by atoms with Crippen LogP contribution in [0.3, 0.4) is 0 Å². The molecule has 0 saturated carbocycles. The van der Waals surface area contributed by atoms with Crippen LogP contribution in [0.25, 0.3) is 0 Å². The summed E-state index contributed by atoms with van der Waals surface area (Å²) < 4.78 is 0. The van der Waals surface area contributed by atoms with Crippen LogP contribution in [-0.2, 0) is 0 Å². The predicted octanol–water partition coefficient (Wildman–Crippen LogP) is 1.16. The van der Waals surface area contributed by atoms with Gasteiger partial charge in [0.2, 0.25) is 0 Å². The third-order valence-corrected chi connectivity index (χ3v) is 1.59. The quantitative estimate of drug-likeness (QED) is 0.605. The fourth-order valence-corrected chi connectivity index (χ4v) is 0.935. The molecule has 1 aliphatic heterocycles. The molecule has 0 atom stereocenters. The van der Waals surface area contributed by atoms with Gasteiger partial charge >= 0.3 is 0 Å². The molecule has 0 radical (unpaired) electrons. The van der Waals surface area contributed by atoms with Crippen molar-refractivity contribution in [2.24, 2.45) is 5.10 Å². The molecule has 0 saturated heterocycles. The Morgan fingerprint density at radius 1 is 1.70 bits per heavy atom. The highest BCUT2D eigenvalue weighted by molar-refractivity contribution is 6.43. The van der Waals surface area contributed by atoms with E-state index < -0.39 is 0 Å². The lowest BCUT2D eigenvalue weighted by Crippen LogP contribution is -2.12.